The minimum Gasteiger partial charge on any atom is -0.321 e. The fourth-order valence-electron chi connectivity index (χ4n) is 1.59. The van der Waals surface area contributed by atoms with Crippen LogP contribution in [0.1, 0.15) is 16.2 Å². The predicted molar refractivity (Wildman–Crippen MR) is 69.6 cm³/mol. The molecule has 0 atom stereocenters. The maximum Gasteiger partial charge on any atom is 0.272 e. The van der Waals surface area contributed by atoms with Crippen LogP contribution in [0.5, 0.6) is 0 Å². The number of nitrogens with one attached hydrogen (secondary N) is 1. The van der Waals surface area contributed by atoms with Gasteiger partial charge >= 0.3 is 0 Å². The summed E-state index contributed by atoms with van der Waals surface area (Å²) in [5.41, 5.74) is 1.41. The molecule has 0 spiro atoms. The highest BCUT2D eigenvalue weighted by atomic mass is 19.1. The Kier molecular flexibility index (Phi) is 3.53. The summed E-state index contributed by atoms with van der Waals surface area (Å²) in [4.78, 5) is 19.3. The van der Waals surface area contributed by atoms with Crippen molar-refractivity contribution >= 4 is 17.3 Å². The van der Waals surface area contributed by atoms with Gasteiger partial charge in [-0.15, -0.1) is 0 Å². The van der Waals surface area contributed by atoms with Crippen LogP contribution in [0.4, 0.5) is 15.8 Å². The van der Waals surface area contributed by atoms with E-state index < -0.39 is 11.7 Å². The summed E-state index contributed by atoms with van der Waals surface area (Å²) < 4.78 is 13.0. The number of carbonyl (C=O) groups excluding carboxylic acids is 1. The van der Waals surface area contributed by atoms with E-state index in [1.165, 1.54) is 24.3 Å². The monoisotopic (exact) mass is 255 g/mol. The van der Waals surface area contributed by atoms with Crippen LogP contribution in [0.3, 0.4) is 0 Å². The Hall–Kier alpha value is -2.74. The van der Waals surface area contributed by atoms with E-state index in [0.29, 0.717) is 17.1 Å². The third-order valence-electron chi connectivity index (χ3n) is 2.38. The zero-order valence-corrected chi connectivity index (χ0v) is 10.1. The first-order valence-corrected chi connectivity index (χ1v) is 5.51. The zero-order chi connectivity index (χ0) is 13.8. The topological polar surface area (TPSA) is 46.4 Å². The number of hydrogen-bond acceptors (Lipinski definition) is 2. The molecule has 1 aromatic carbocycles. The first-order valence-electron chi connectivity index (χ1n) is 5.51. The fraction of sp³-hybridized carbons (Fsp3) is 0.0714. The summed E-state index contributed by atoms with van der Waals surface area (Å²) in [5.74, 6) is -0.906. The van der Waals surface area contributed by atoms with Crippen molar-refractivity contribution in [2.75, 3.05) is 5.32 Å². The summed E-state index contributed by atoms with van der Waals surface area (Å²) in [6.45, 7) is 8.65. The van der Waals surface area contributed by atoms with Gasteiger partial charge in [0, 0.05) is 11.4 Å². The molecule has 0 unspecified atom stereocenters. The van der Waals surface area contributed by atoms with E-state index in [0.717, 1.165) is 0 Å². The summed E-state index contributed by atoms with van der Waals surface area (Å²) in [7, 11) is 0. The SMILES string of the molecule is [C-]#[N+]c1cc(C)nc(C(=O)Nc2cccc(F)c2)c1. The molecule has 5 heteroatoms. The largest absolute Gasteiger partial charge is 0.321 e. The van der Waals surface area contributed by atoms with Crippen LogP contribution in [-0.2, 0) is 0 Å². The highest BCUT2D eigenvalue weighted by Gasteiger charge is 2.10. The molecule has 2 aromatic rings. The molecule has 0 fully saturated rings. The van der Waals surface area contributed by atoms with Crippen molar-refractivity contribution in [3.05, 3.63) is 65.0 Å². The number of aromatic nitrogens is 1. The lowest BCUT2D eigenvalue weighted by molar-refractivity contribution is 0.102. The molecule has 2 rings (SSSR count). The van der Waals surface area contributed by atoms with Crippen LogP contribution < -0.4 is 5.32 Å². The Morgan fingerprint density at radius 3 is 2.84 bits per heavy atom. The summed E-state index contributed by atoms with van der Waals surface area (Å²) >= 11 is 0. The summed E-state index contributed by atoms with van der Waals surface area (Å²) in [6.07, 6.45) is 0. The van der Waals surface area contributed by atoms with Gasteiger partial charge in [0.25, 0.3) is 5.91 Å². The van der Waals surface area contributed by atoms with E-state index in [4.69, 9.17) is 6.57 Å². The lowest BCUT2D eigenvalue weighted by Crippen LogP contribution is -2.14. The van der Waals surface area contributed by atoms with Crippen LogP contribution in [0, 0.1) is 19.3 Å². The van der Waals surface area contributed by atoms with Gasteiger partial charge in [-0.1, -0.05) is 6.07 Å². The maximum atomic E-state index is 13.0. The number of hydrogen-bond donors (Lipinski definition) is 1. The lowest BCUT2D eigenvalue weighted by Gasteiger charge is -2.06. The van der Waals surface area contributed by atoms with Crippen molar-refractivity contribution < 1.29 is 9.18 Å². The van der Waals surface area contributed by atoms with Crippen molar-refractivity contribution in [2.45, 2.75) is 6.92 Å². The molecule has 0 bridgehead atoms. The van der Waals surface area contributed by atoms with Gasteiger partial charge in [0.1, 0.15) is 11.5 Å². The normalized spacial score (nSPS) is 9.74. The minimum atomic E-state index is -0.473. The Bertz CT molecular complexity index is 677. The average molecular weight is 255 g/mol. The quantitative estimate of drug-likeness (QED) is 0.836. The van der Waals surface area contributed by atoms with E-state index in [1.54, 1.807) is 19.1 Å². The molecule has 1 amide bonds. The molecule has 0 radical (unpaired) electrons. The third kappa shape index (κ3) is 3.13. The molecule has 4 nitrogen and oxygen atoms in total. The second-order valence-electron chi connectivity index (χ2n) is 3.93. The fourth-order valence-corrected chi connectivity index (χ4v) is 1.59. The number of anilines is 1. The number of benzene rings is 1. The Morgan fingerprint density at radius 1 is 1.37 bits per heavy atom. The smallest absolute Gasteiger partial charge is 0.272 e. The highest BCUT2D eigenvalue weighted by molar-refractivity contribution is 6.03. The Labute approximate surface area is 109 Å². The molecule has 0 aliphatic heterocycles. The lowest BCUT2D eigenvalue weighted by atomic mass is 10.2. The van der Waals surface area contributed by atoms with Crippen LogP contribution in [0.15, 0.2) is 36.4 Å². The van der Waals surface area contributed by atoms with Crippen molar-refractivity contribution in [3.63, 3.8) is 0 Å². The molecule has 0 aliphatic rings. The number of halogens is 1. The van der Waals surface area contributed by atoms with Crippen LogP contribution in [0.2, 0.25) is 0 Å². The van der Waals surface area contributed by atoms with Crippen molar-refractivity contribution in [1.29, 1.82) is 0 Å². The van der Waals surface area contributed by atoms with Gasteiger partial charge in [-0.2, -0.15) is 0 Å². The third-order valence-corrected chi connectivity index (χ3v) is 2.38. The molecule has 0 saturated heterocycles. The average Bonchev–Trinajstić information content (AvgIpc) is 2.38. The van der Waals surface area contributed by atoms with Gasteiger partial charge < -0.3 is 5.32 Å². The summed E-state index contributed by atoms with van der Waals surface area (Å²) in [6, 6.07) is 8.56. The van der Waals surface area contributed by atoms with E-state index in [1.807, 2.05) is 0 Å². The number of aryl methyl sites for hydroxylation is 1. The van der Waals surface area contributed by atoms with Gasteiger partial charge in [-0.25, -0.2) is 9.24 Å². The molecular weight excluding hydrogens is 245 g/mol. The molecule has 19 heavy (non-hydrogen) atoms. The molecule has 1 N–H and O–H groups in total. The van der Waals surface area contributed by atoms with Crippen LogP contribution in [-0.4, -0.2) is 10.9 Å². The number of pyridine rings is 1. The van der Waals surface area contributed by atoms with Crippen LogP contribution in [0.25, 0.3) is 4.85 Å². The minimum absolute atomic E-state index is 0.135. The molecule has 94 valence electrons. The van der Waals surface area contributed by atoms with Gasteiger partial charge in [-0.05, 0) is 37.3 Å². The Morgan fingerprint density at radius 2 is 2.16 bits per heavy atom. The summed E-state index contributed by atoms with van der Waals surface area (Å²) in [5, 5.41) is 2.53. The number of amides is 1. The predicted octanol–water partition coefficient (Wildman–Crippen LogP) is 3.33. The van der Waals surface area contributed by atoms with Crippen molar-refractivity contribution in [2.24, 2.45) is 0 Å². The highest BCUT2D eigenvalue weighted by Crippen LogP contribution is 2.16. The maximum absolute atomic E-state index is 13.0. The second kappa shape index (κ2) is 5.27. The molecule has 1 aromatic heterocycles. The molecular formula is C14H10FN3O. The van der Waals surface area contributed by atoms with E-state index in [2.05, 4.69) is 15.1 Å². The van der Waals surface area contributed by atoms with E-state index in [-0.39, 0.29) is 5.69 Å². The number of nitrogens with zero attached hydrogens (tertiary/aromatic N) is 2. The van der Waals surface area contributed by atoms with E-state index >= 15 is 0 Å². The second-order valence-corrected chi connectivity index (χ2v) is 3.93. The van der Waals surface area contributed by atoms with Gasteiger partial charge in [0.2, 0.25) is 0 Å². The number of carbonyl (C=O) groups is 1. The van der Waals surface area contributed by atoms with Gasteiger partial charge in [-0.3, -0.25) is 9.78 Å². The number of rotatable bonds is 2. The van der Waals surface area contributed by atoms with Gasteiger partial charge in [0.15, 0.2) is 5.69 Å². The molecule has 0 aliphatic carbocycles. The first-order chi connectivity index (χ1) is 9.08. The van der Waals surface area contributed by atoms with E-state index in [9.17, 15) is 9.18 Å². The molecule has 1 heterocycles. The van der Waals surface area contributed by atoms with Gasteiger partial charge in [0.05, 0.1) is 6.57 Å². The van der Waals surface area contributed by atoms with Crippen LogP contribution >= 0.6 is 0 Å². The molecule has 0 saturated carbocycles. The zero-order valence-electron chi connectivity index (χ0n) is 10.1. The first kappa shape index (κ1) is 12.7. The van der Waals surface area contributed by atoms with Crippen molar-refractivity contribution in [3.8, 4) is 0 Å². The standard InChI is InChI=1S/C14H10FN3O/c1-9-6-12(16-2)8-13(17-9)14(19)18-11-5-3-4-10(15)7-11/h3-8H,1H3,(H,18,19). The Balaban J connectivity index is 2.25. The van der Waals surface area contributed by atoms with Crippen molar-refractivity contribution in [1.82, 2.24) is 4.98 Å².